The van der Waals surface area contributed by atoms with Gasteiger partial charge in [-0.15, -0.1) is 11.3 Å². The SMILES string of the molecule is CCOC(=O)c1nn(-c2ccc(Br)cc2)c(=O)c2c(NC(=O)C3CCCCC3)scc12. The van der Waals surface area contributed by atoms with E-state index in [1.165, 1.54) is 16.0 Å². The molecule has 1 saturated carbocycles. The van der Waals surface area contributed by atoms with E-state index < -0.39 is 11.5 Å². The van der Waals surface area contributed by atoms with E-state index >= 15 is 0 Å². The summed E-state index contributed by atoms with van der Waals surface area (Å²) in [7, 11) is 0. The Morgan fingerprint density at radius 3 is 2.61 bits per heavy atom. The van der Waals surface area contributed by atoms with Gasteiger partial charge < -0.3 is 10.1 Å². The van der Waals surface area contributed by atoms with Crippen LogP contribution in [0.25, 0.3) is 16.5 Å². The second-order valence-corrected chi connectivity index (χ2v) is 9.24. The van der Waals surface area contributed by atoms with E-state index in [2.05, 4.69) is 26.3 Å². The number of aromatic nitrogens is 2. The molecule has 1 N–H and O–H groups in total. The summed E-state index contributed by atoms with van der Waals surface area (Å²) in [5.41, 5.74) is 0.163. The number of carbonyl (C=O) groups excluding carboxylic acids is 2. The fraction of sp³-hybridized carbons (Fsp3) is 0.364. The monoisotopic (exact) mass is 503 g/mol. The molecule has 1 amide bonds. The molecule has 0 radical (unpaired) electrons. The van der Waals surface area contributed by atoms with Crippen molar-refractivity contribution in [3.05, 3.63) is 50.2 Å². The zero-order valence-corrected chi connectivity index (χ0v) is 19.4. The summed E-state index contributed by atoms with van der Waals surface area (Å²) in [4.78, 5) is 38.8. The molecule has 4 rings (SSSR count). The van der Waals surface area contributed by atoms with E-state index in [1.807, 2.05) is 0 Å². The minimum absolute atomic E-state index is 0.0498. The Morgan fingerprint density at radius 2 is 1.94 bits per heavy atom. The van der Waals surface area contributed by atoms with Crippen LogP contribution in [0, 0.1) is 5.92 Å². The average molecular weight is 504 g/mol. The zero-order chi connectivity index (χ0) is 22.0. The van der Waals surface area contributed by atoms with Crippen molar-refractivity contribution < 1.29 is 14.3 Å². The van der Waals surface area contributed by atoms with Crippen LogP contribution < -0.4 is 10.9 Å². The van der Waals surface area contributed by atoms with E-state index in [0.29, 0.717) is 16.1 Å². The molecule has 0 spiro atoms. The third kappa shape index (κ3) is 4.43. The van der Waals surface area contributed by atoms with Crippen LogP contribution in [0.15, 0.2) is 38.9 Å². The van der Waals surface area contributed by atoms with Gasteiger partial charge in [0.2, 0.25) is 5.91 Å². The van der Waals surface area contributed by atoms with Gasteiger partial charge in [0.05, 0.1) is 17.7 Å². The van der Waals surface area contributed by atoms with Gasteiger partial charge in [-0.3, -0.25) is 9.59 Å². The standard InChI is InChI=1S/C22H22BrN3O4S/c1-2-30-22(29)18-16-12-31-20(24-19(27)13-6-4-3-5-7-13)17(16)21(28)26(25-18)15-10-8-14(23)9-11-15/h8-13H,2-7H2,1H3,(H,24,27). The smallest absolute Gasteiger partial charge is 0.359 e. The number of carbonyl (C=O) groups is 2. The van der Waals surface area contributed by atoms with Crippen molar-refractivity contribution in [2.75, 3.05) is 11.9 Å². The number of hydrogen-bond donors (Lipinski definition) is 1. The summed E-state index contributed by atoms with van der Waals surface area (Å²) in [6.45, 7) is 1.90. The molecule has 7 nitrogen and oxygen atoms in total. The lowest BCUT2D eigenvalue weighted by Gasteiger charge is -2.20. The van der Waals surface area contributed by atoms with Crippen LogP contribution in [0.1, 0.15) is 49.5 Å². The van der Waals surface area contributed by atoms with E-state index in [0.717, 1.165) is 36.6 Å². The normalized spacial score (nSPS) is 14.5. The summed E-state index contributed by atoms with van der Waals surface area (Å²) < 4.78 is 7.20. The molecule has 2 aromatic heterocycles. The van der Waals surface area contributed by atoms with E-state index in [-0.39, 0.29) is 29.5 Å². The molecule has 0 aliphatic heterocycles. The largest absolute Gasteiger partial charge is 0.461 e. The third-order valence-electron chi connectivity index (χ3n) is 5.41. The number of amides is 1. The second-order valence-electron chi connectivity index (χ2n) is 7.44. The van der Waals surface area contributed by atoms with Crippen molar-refractivity contribution in [2.45, 2.75) is 39.0 Å². The summed E-state index contributed by atoms with van der Waals surface area (Å²) in [6.07, 6.45) is 4.94. The Hall–Kier alpha value is -2.52. The summed E-state index contributed by atoms with van der Waals surface area (Å²) >= 11 is 4.60. The van der Waals surface area contributed by atoms with Gasteiger partial charge in [0.1, 0.15) is 5.00 Å². The minimum atomic E-state index is -0.610. The summed E-state index contributed by atoms with van der Waals surface area (Å²) in [6, 6.07) is 7.03. The van der Waals surface area contributed by atoms with Crippen LogP contribution in [0.5, 0.6) is 0 Å². The zero-order valence-electron chi connectivity index (χ0n) is 17.0. The third-order valence-corrected chi connectivity index (χ3v) is 6.83. The van der Waals surface area contributed by atoms with Crippen LogP contribution in [0.3, 0.4) is 0 Å². The quantitative estimate of drug-likeness (QED) is 0.499. The summed E-state index contributed by atoms with van der Waals surface area (Å²) in [5, 5.41) is 10.0. The number of thiophene rings is 1. The molecule has 0 bridgehead atoms. The van der Waals surface area contributed by atoms with Crippen molar-refractivity contribution in [1.82, 2.24) is 9.78 Å². The molecule has 0 saturated heterocycles. The van der Waals surface area contributed by atoms with Crippen LogP contribution in [0.2, 0.25) is 0 Å². The highest BCUT2D eigenvalue weighted by Gasteiger charge is 2.26. The van der Waals surface area contributed by atoms with Crippen molar-refractivity contribution >= 4 is 54.9 Å². The number of fused-ring (bicyclic) bond motifs is 1. The lowest BCUT2D eigenvalue weighted by molar-refractivity contribution is -0.120. The Balaban J connectivity index is 1.83. The van der Waals surface area contributed by atoms with Gasteiger partial charge in [-0.25, -0.2) is 4.79 Å². The highest BCUT2D eigenvalue weighted by atomic mass is 79.9. The van der Waals surface area contributed by atoms with Gasteiger partial charge in [-0.05, 0) is 44.0 Å². The van der Waals surface area contributed by atoms with Gasteiger partial charge in [-0.2, -0.15) is 9.78 Å². The van der Waals surface area contributed by atoms with E-state index in [1.54, 1.807) is 36.6 Å². The highest BCUT2D eigenvalue weighted by Crippen LogP contribution is 2.32. The fourth-order valence-electron chi connectivity index (χ4n) is 3.83. The fourth-order valence-corrected chi connectivity index (χ4v) is 5.03. The van der Waals surface area contributed by atoms with Gasteiger partial charge in [-0.1, -0.05) is 35.2 Å². The number of esters is 1. The van der Waals surface area contributed by atoms with Crippen LogP contribution in [0.4, 0.5) is 5.00 Å². The van der Waals surface area contributed by atoms with Crippen LogP contribution in [-0.4, -0.2) is 28.3 Å². The van der Waals surface area contributed by atoms with Gasteiger partial charge in [0.25, 0.3) is 5.56 Å². The number of benzene rings is 1. The Kier molecular flexibility index (Phi) is 6.52. The number of halogens is 1. The highest BCUT2D eigenvalue weighted by molar-refractivity contribution is 9.10. The first-order chi connectivity index (χ1) is 15.0. The lowest BCUT2D eigenvalue weighted by Crippen LogP contribution is -2.27. The minimum Gasteiger partial charge on any atom is -0.461 e. The lowest BCUT2D eigenvalue weighted by atomic mass is 9.89. The first-order valence-corrected chi connectivity index (χ1v) is 11.9. The average Bonchev–Trinajstić information content (AvgIpc) is 3.19. The Morgan fingerprint density at radius 1 is 1.23 bits per heavy atom. The molecule has 2 heterocycles. The molecule has 1 aliphatic rings. The molecule has 0 atom stereocenters. The predicted octanol–water partition coefficient (Wildman–Crippen LogP) is 4.91. The maximum absolute atomic E-state index is 13.4. The number of nitrogens with zero attached hydrogens (tertiary/aromatic N) is 2. The first-order valence-electron chi connectivity index (χ1n) is 10.3. The number of ether oxygens (including phenoxy) is 1. The molecule has 1 aromatic carbocycles. The molecular formula is C22H22BrN3O4S. The first kappa shape index (κ1) is 21.7. The number of anilines is 1. The molecule has 3 aromatic rings. The predicted molar refractivity (Wildman–Crippen MR) is 124 cm³/mol. The van der Waals surface area contributed by atoms with Crippen LogP contribution >= 0.6 is 27.3 Å². The second kappa shape index (κ2) is 9.32. The van der Waals surface area contributed by atoms with Crippen molar-refractivity contribution in [2.24, 2.45) is 5.92 Å². The maximum atomic E-state index is 13.4. The topological polar surface area (TPSA) is 90.3 Å². The molecule has 162 valence electrons. The Labute approximate surface area is 191 Å². The maximum Gasteiger partial charge on any atom is 0.359 e. The molecule has 1 fully saturated rings. The van der Waals surface area contributed by atoms with Crippen LogP contribution in [-0.2, 0) is 9.53 Å². The molecule has 9 heteroatoms. The Bertz CT molecular complexity index is 1180. The molecular weight excluding hydrogens is 482 g/mol. The molecule has 1 aliphatic carbocycles. The molecule has 31 heavy (non-hydrogen) atoms. The van der Waals surface area contributed by atoms with Crippen molar-refractivity contribution in [3.8, 4) is 5.69 Å². The van der Waals surface area contributed by atoms with E-state index in [4.69, 9.17) is 4.74 Å². The van der Waals surface area contributed by atoms with Gasteiger partial charge >= 0.3 is 5.97 Å². The number of hydrogen-bond acceptors (Lipinski definition) is 6. The molecule has 0 unspecified atom stereocenters. The number of nitrogens with one attached hydrogen (secondary N) is 1. The van der Waals surface area contributed by atoms with E-state index in [9.17, 15) is 14.4 Å². The van der Waals surface area contributed by atoms with Crippen molar-refractivity contribution in [1.29, 1.82) is 0 Å². The van der Waals surface area contributed by atoms with Crippen molar-refractivity contribution in [3.63, 3.8) is 0 Å². The number of rotatable bonds is 5. The van der Waals surface area contributed by atoms with Gasteiger partial charge in [0, 0.05) is 21.2 Å². The summed E-state index contributed by atoms with van der Waals surface area (Å²) in [5.74, 6) is -0.736. The van der Waals surface area contributed by atoms with Gasteiger partial charge in [0.15, 0.2) is 5.69 Å².